The quantitative estimate of drug-likeness (QED) is 0.757. The maximum absolute atomic E-state index is 4.33. The van der Waals surface area contributed by atoms with Crippen LogP contribution in [0.25, 0.3) is 0 Å². The minimum atomic E-state index is 0.505. The Kier molecular flexibility index (Phi) is 3.93. The van der Waals surface area contributed by atoms with E-state index in [4.69, 9.17) is 0 Å². The SMILES string of the molecule is CC(C)N(C=C1C=CC(Br)=N1)C(C)C. The van der Waals surface area contributed by atoms with Crippen LogP contribution in [0.15, 0.2) is 29.0 Å². The number of halogens is 1. The first kappa shape index (κ1) is 11.5. The summed E-state index contributed by atoms with van der Waals surface area (Å²) in [5.41, 5.74) is 1.01. The summed E-state index contributed by atoms with van der Waals surface area (Å²) in [6, 6.07) is 1.01. The van der Waals surface area contributed by atoms with E-state index in [0.717, 1.165) is 10.3 Å². The number of aliphatic imine (C=N–C) groups is 1. The molecule has 2 nitrogen and oxygen atoms in total. The minimum absolute atomic E-state index is 0.505. The van der Waals surface area contributed by atoms with Crippen LogP contribution in [0.5, 0.6) is 0 Å². The average Bonchev–Trinajstić information content (AvgIpc) is 2.46. The van der Waals surface area contributed by atoms with Gasteiger partial charge >= 0.3 is 0 Å². The summed E-state index contributed by atoms with van der Waals surface area (Å²) in [6.45, 7) is 8.76. The number of nitrogens with zero attached hydrogens (tertiary/aromatic N) is 2. The van der Waals surface area contributed by atoms with Crippen molar-refractivity contribution in [2.24, 2.45) is 4.99 Å². The smallest absolute Gasteiger partial charge is 0.106 e. The molecular formula is C11H17BrN2. The molecule has 0 aromatic rings. The van der Waals surface area contributed by atoms with Gasteiger partial charge in [0, 0.05) is 18.3 Å². The molecule has 0 saturated carbocycles. The molecule has 1 rings (SSSR count). The lowest BCUT2D eigenvalue weighted by atomic mass is 10.2. The van der Waals surface area contributed by atoms with Gasteiger partial charge in [-0.3, -0.25) is 0 Å². The Bertz CT molecular complexity index is 280. The van der Waals surface area contributed by atoms with Crippen molar-refractivity contribution in [3.05, 3.63) is 24.0 Å². The molecule has 0 spiro atoms. The third-order valence-electron chi connectivity index (χ3n) is 2.10. The van der Waals surface area contributed by atoms with Crippen molar-refractivity contribution in [2.45, 2.75) is 39.8 Å². The molecular weight excluding hydrogens is 240 g/mol. The maximum Gasteiger partial charge on any atom is 0.106 e. The lowest BCUT2D eigenvalue weighted by molar-refractivity contribution is 0.254. The van der Waals surface area contributed by atoms with Gasteiger partial charge in [-0.05, 0) is 55.8 Å². The van der Waals surface area contributed by atoms with Crippen molar-refractivity contribution in [3.63, 3.8) is 0 Å². The van der Waals surface area contributed by atoms with E-state index < -0.39 is 0 Å². The van der Waals surface area contributed by atoms with E-state index in [1.54, 1.807) is 0 Å². The van der Waals surface area contributed by atoms with Crippen molar-refractivity contribution in [1.29, 1.82) is 0 Å². The summed E-state index contributed by atoms with van der Waals surface area (Å²) in [7, 11) is 0. The third kappa shape index (κ3) is 2.98. The zero-order valence-corrected chi connectivity index (χ0v) is 10.7. The number of rotatable bonds is 3. The molecule has 0 fully saturated rings. The Labute approximate surface area is 94.5 Å². The normalized spacial score (nSPS) is 18.5. The Hall–Kier alpha value is -0.570. The van der Waals surface area contributed by atoms with Gasteiger partial charge in [0.15, 0.2) is 0 Å². The van der Waals surface area contributed by atoms with E-state index in [0.29, 0.717) is 12.1 Å². The highest BCUT2D eigenvalue weighted by molar-refractivity contribution is 9.18. The first-order chi connectivity index (χ1) is 6.50. The molecule has 0 amide bonds. The summed E-state index contributed by atoms with van der Waals surface area (Å²) in [5, 5.41) is 0. The lowest BCUT2D eigenvalue weighted by Crippen LogP contribution is -2.32. The topological polar surface area (TPSA) is 15.6 Å². The van der Waals surface area contributed by atoms with Crippen molar-refractivity contribution in [1.82, 2.24) is 4.90 Å². The van der Waals surface area contributed by atoms with Gasteiger partial charge in [-0.15, -0.1) is 0 Å². The van der Waals surface area contributed by atoms with Crippen LogP contribution in [0.2, 0.25) is 0 Å². The van der Waals surface area contributed by atoms with Crippen LogP contribution in [0, 0.1) is 0 Å². The van der Waals surface area contributed by atoms with Gasteiger partial charge in [0.25, 0.3) is 0 Å². The highest BCUT2D eigenvalue weighted by Crippen LogP contribution is 2.15. The van der Waals surface area contributed by atoms with Crippen molar-refractivity contribution in [2.75, 3.05) is 0 Å². The van der Waals surface area contributed by atoms with E-state index in [1.807, 2.05) is 12.2 Å². The van der Waals surface area contributed by atoms with Gasteiger partial charge in [-0.2, -0.15) is 0 Å². The maximum atomic E-state index is 4.33. The van der Waals surface area contributed by atoms with E-state index in [-0.39, 0.29) is 0 Å². The second kappa shape index (κ2) is 4.78. The Balaban J connectivity index is 2.78. The predicted octanol–water partition coefficient (Wildman–Crippen LogP) is 3.31. The van der Waals surface area contributed by atoms with Crippen molar-refractivity contribution in [3.8, 4) is 0 Å². The highest BCUT2D eigenvalue weighted by atomic mass is 79.9. The zero-order chi connectivity index (χ0) is 10.7. The van der Waals surface area contributed by atoms with Crippen molar-refractivity contribution >= 4 is 20.6 Å². The van der Waals surface area contributed by atoms with Crippen LogP contribution in [0.3, 0.4) is 0 Å². The molecule has 0 atom stereocenters. The number of allylic oxidation sites excluding steroid dienone is 2. The van der Waals surface area contributed by atoms with Crippen LogP contribution in [0.4, 0.5) is 0 Å². The fourth-order valence-corrected chi connectivity index (χ4v) is 1.81. The number of hydrogen-bond acceptors (Lipinski definition) is 2. The molecule has 0 N–H and O–H groups in total. The molecule has 0 aliphatic carbocycles. The summed E-state index contributed by atoms with van der Waals surface area (Å²) >= 11 is 3.35. The van der Waals surface area contributed by atoms with E-state index in [9.17, 15) is 0 Å². The van der Waals surface area contributed by atoms with Gasteiger partial charge < -0.3 is 4.90 Å². The molecule has 78 valence electrons. The molecule has 3 heteroatoms. The van der Waals surface area contributed by atoms with Crippen LogP contribution in [0.1, 0.15) is 27.7 Å². The molecule has 1 heterocycles. The molecule has 0 aromatic heterocycles. The second-order valence-corrected chi connectivity index (χ2v) is 4.77. The first-order valence-corrected chi connectivity index (χ1v) is 5.71. The lowest BCUT2D eigenvalue weighted by Gasteiger charge is -2.29. The summed E-state index contributed by atoms with van der Waals surface area (Å²) in [6.07, 6.45) is 6.09. The summed E-state index contributed by atoms with van der Waals surface area (Å²) in [4.78, 5) is 6.64. The standard InChI is InChI=1S/C11H17BrN2/c1-8(2)14(9(3)4)7-10-5-6-11(12)13-10/h5-9H,1-4H3. The molecule has 0 radical (unpaired) electrons. The third-order valence-corrected chi connectivity index (χ3v) is 2.54. The Morgan fingerprint density at radius 3 is 2.14 bits per heavy atom. The molecule has 1 aliphatic heterocycles. The van der Waals surface area contributed by atoms with Crippen LogP contribution in [-0.4, -0.2) is 21.6 Å². The van der Waals surface area contributed by atoms with Crippen LogP contribution in [-0.2, 0) is 0 Å². The summed E-state index contributed by atoms with van der Waals surface area (Å²) < 4.78 is 0.899. The van der Waals surface area contributed by atoms with Gasteiger partial charge in [-0.25, -0.2) is 4.99 Å². The largest absolute Gasteiger partial charge is 0.371 e. The molecule has 0 saturated heterocycles. The van der Waals surface area contributed by atoms with E-state index in [2.05, 4.69) is 59.7 Å². The Morgan fingerprint density at radius 1 is 1.21 bits per heavy atom. The monoisotopic (exact) mass is 256 g/mol. The van der Waals surface area contributed by atoms with Crippen LogP contribution < -0.4 is 0 Å². The molecule has 14 heavy (non-hydrogen) atoms. The predicted molar refractivity (Wildman–Crippen MR) is 65.7 cm³/mol. The number of hydrogen-bond donors (Lipinski definition) is 0. The van der Waals surface area contributed by atoms with Gasteiger partial charge in [0.2, 0.25) is 0 Å². The van der Waals surface area contributed by atoms with E-state index in [1.165, 1.54) is 0 Å². The van der Waals surface area contributed by atoms with Crippen molar-refractivity contribution < 1.29 is 0 Å². The second-order valence-electron chi connectivity index (χ2n) is 3.96. The molecule has 0 bridgehead atoms. The van der Waals surface area contributed by atoms with Gasteiger partial charge in [0.1, 0.15) is 4.62 Å². The van der Waals surface area contributed by atoms with Crippen LogP contribution >= 0.6 is 15.9 Å². The fourth-order valence-electron chi connectivity index (χ4n) is 1.47. The first-order valence-electron chi connectivity index (χ1n) is 4.92. The fraction of sp³-hybridized carbons (Fsp3) is 0.545. The molecule has 0 unspecified atom stereocenters. The molecule has 0 aromatic carbocycles. The van der Waals surface area contributed by atoms with Gasteiger partial charge in [0.05, 0.1) is 5.70 Å². The highest BCUT2D eigenvalue weighted by Gasteiger charge is 2.10. The van der Waals surface area contributed by atoms with Gasteiger partial charge in [-0.1, -0.05) is 0 Å². The Morgan fingerprint density at radius 2 is 1.79 bits per heavy atom. The summed E-state index contributed by atoms with van der Waals surface area (Å²) in [5.74, 6) is 0. The molecule has 1 aliphatic rings. The average molecular weight is 257 g/mol. The minimum Gasteiger partial charge on any atom is -0.371 e. The van der Waals surface area contributed by atoms with E-state index >= 15 is 0 Å². The zero-order valence-electron chi connectivity index (χ0n) is 9.16.